The van der Waals surface area contributed by atoms with Crippen molar-refractivity contribution in [3.63, 3.8) is 0 Å². The summed E-state index contributed by atoms with van der Waals surface area (Å²) >= 11 is 0. The van der Waals surface area contributed by atoms with Crippen LogP contribution in [0.25, 0.3) is 0 Å². The van der Waals surface area contributed by atoms with Crippen LogP contribution in [0.3, 0.4) is 0 Å². The first-order chi connectivity index (χ1) is 10.3. The Morgan fingerprint density at radius 3 is 1.61 bits per heavy atom. The molecule has 1 saturated heterocycles. The Morgan fingerprint density at radius 1 is 0.783 bits per heavy atom. The maximum atomic E-state index is 6.61. The molecule has 0 spiro atoms. The predicted octanol–water partition coefficient (Wildman–Crippen LogP) is 2.67. The molecule has 138 valence electrons. The third-order valence-electron chi connectivity index (χ3n) is 3.77. The van der Waals surface area contributed by atoms with Gasteiger partial charge >= 0.3 is 34.2 Å². The highest BCUT2D eigenvalue weighted by molar-refractivity contribution is 6.93. The molecule has 1 atom stereocenters. The molecule has 0 radical (unpaired) electrons. The molecule has 1 heterocycles. The molecule has 0 saturated carbocycles. The molecule has 1 rings (SSSR count). The SMILES string of the molecule is CCC[SiH](CC[Si]1(C)O[Si](C)(C)O[Si](C)(C)O[Si](C)(C)O1)O[SiH3]. The molecule has 1 aliphatic rings. The summed E-state index contributed by atoms with van der Waals surface area (Å²) < 4.78 is 31.9. The van der Waals surface area contributed by atoms with Crippen LogP contribution in [0.1, 0.15) is 13.3 Å². The number of rotatable bonds is 6. The summed E-state index contributed by atoms with van der Waals surface area (Å²) in [5.74, 6) is 0. The fourth-order valence-corrected chi connectivity index (χ4v) is 30.5. The molecule has 0 aromatic heterocycles. The molecule has 0 aromatic carbocycles. The van der Waals surface area contributed by atoms with Crippen LogP contribution in [0.4, 0.5) is 0 Å². The summed E-state index contributed by atoms with van der Waals surface area (Å²) in [6.45, 7) is 17.2. The van der Waals surface area contributed by atoms with Gasteiger partial charge in [-0.3, -0.25) is 0 Å². The summed E-state index contributed by atoms with van der Waals surface area (Å²) in [4.78, 5) is 0. The summed E-state index contributed by atoms with van der Waals surface area (Å²) in [5.41, 5.74) is 0. The average Bonchev–Trinajstić information content (AvgIpc) is 2.28. The van der Waals surface area contributed by atoms with Crippen LogP contribution in [-0.4, -0.2) is 53.8 Å². The summed E-state index contributed by atoms with van der Waals surface area (Å²) in [5, 5.41) is 0. The molecule has 23 heavy (non-hydrogen) atoms. The van der Waals surface area contributed by atoms with E-state index in [4.69, 9.17) is 20.6 Å². The highest BCUT2D eigenvalue weighted by Crippen LogP contribution is 2.33. The van der Waals surface area contributed by atoms with Crippen LogP contribution in [0, 0.1) is 0 Å². The van der Waals surface area contributed by atoms with Crippen molar-refractivity contribution in [2.75, 3.05) is 0 Å². The first-order valence-corrected chi connectivity index (χ1v) is 22.5. The van der Waals surface area contributed by atoms with E-state index in [9.17, 15) is 0 Å². The van der Waals surface area contributed by atoms with Crippen molar-refractivity contribution < 1.29 is 20.6 Å². The molecular formula is C12H36O5Si6. The van der Waals surface area contributed by atoms with E-state index in [1.807, 2.05) is 0 Å². The molecule has 0 amide bonds. The van der Waals surface area contributed by atoms with Crippen molar-refractivity contribution in [3.8, 4) is 0 Å². The third kappa shape index (κ3) is 7.89. The standard InChI is InChI=1S/C12H36O5Si6/c1-9-10-19(13-18)11-12-23(8)16-21(4,5)14-20(2,3)15-22(6,7)17-23/h19H,9-12H2,1-8,18H3. The highest BCUT2D eigenvalue weighted by Gasteiger charge is 2.52. The molecule has 0 bridgehead atoms. The second-order valence-electron chi connectivity index (χ2n) is 7.93. The molecule has 5 nitrogen and oxygen atoms in total. The molecular weight excluding hydrogens is 393 g/mol. The van der Waals surface area contributed by atoms with Gasteiger partial charge in [-0.25, -0.2) is 0 Å². The maximum absolute atomic E-state index is 6.61. The van der Waals surface area contributed by atoms with Crippen LogP contribution in [-0.2, 0) is 20.6 Å². The molecule has 0 N–H and O–H groups in total. The number of hydrogen-bond donors (Lipinski definition) is 0. The smallest absolute Gasteiger partial charge is 0.317 e. The fraction of sp³-hybridized carbons (Fsp3) is 1.00. The van der Waals surface area contributed by atoms with E-state index in [0.29, 0.717) is 0 Å². The van der Waals surface area contributed by atoms with Gasteiger partial charge < -0.3 is 20.6 Å². The van der Waals surface area contributed by atoms with Crippen molar-refractivity contribution in [2.45, 2.75) is 77.3 Å². The van der Waals surface area contributed by atoms with Gasteiger partial charge in [0, 0.05) is 0 Å². The Labute approximate surface area is 151 Å². The molecule has 1 aliphatic heterocycles. The van der Waals surface area contributed by atoms with Gasteiger partial charge in [0.25, 0.3) is 0 Å². The van der Waals surface area contributed by atoms with E-state index < -0.39 is 43.3 Å². The third-order valence-corrected chi connectivity index (χ3v) is 25.6. The van der Waals surface area contributed by atoms with Crippen LogP contribution >= 0.6 is 0 Å². The van der Waals surface area contributed by atoms with E-state index in [-0.39, 0.29) is 0 Å². The molecule has 1 unspecified atom stereocenters. The lowest BCUT2D eigenvalue weighted by atomic mass is 10.6. The van der Waals surface area contributed by atoms with Gasteiger partial charge in [0.15, 0.2) is 9.04 Å². The summed E-state index contributed by atoms with van der Waals surface area (Å²) in [7, 11) is -9.16. The van der Waals surface area contributed by atoms with E-state index >= 15 is 0 Å². The zero-order valence-electron chi connectivity index (χ0n) is 16.4. The quantitative estimate of drug-likeness (QED) is 0.609. The Bertz CT molecular complexity index is 370. The minimum atomic E-state index is -2.29. The van der Waals surface area contributed by atoms with Crippen molar-refractivity contribution in [1.29, 1.82) is 0 Å². The van der Waals surface area contributed by atoms with Crippen molar-refractivity contribution in [1.82, 2.24) is 0 Å². The second-order valence-corrected chi connectivity index (χ2v) is 26.6. The van der Waals surface area contributed by atoms with Gasteiger partial charge in [-0.05, 0) is 64.0 Å². The van der Waals surface area contributed by atoms with Gasteiger partial charge in [-0.2, -0.15) is 0 Å². The minimum absolute atomic E-state index is 0.847. The molecule has 0 aromatic rings. The second kappa shape index (κ2) is 8.20. The lowest BCUT2D eigenvalue weighted by Crippen LogP contribution is -2.65. The maximum Gasteiger partial charge on any atom is 0.317 e. The van der Waals surface area contributed by atoms with Crippen LogP contribution in [0.5, 0.6) is 0 Å². The average molecular weight is 429 g/mol. The van der Waals surface area contributed by atoms with Crippen molar-refractivity contribution in [2.24, 2.45) is 0 Å². The molecule has 0 aliphatic carbocycles. The van der Waals surface area contributed by atoms with Crippen LogP contribution in [0.15, 0.2) is 0 Å². The fourth-order valence-electron chi connectivity index (χ4n) is 3.53. The first-order valence-electron chi connectivity index (χ1n) is 8.65. The van der Waals surface area contributed by atoms with E-state index in [0.717, 1.165) is 22.6 Å². The summed E-state index contributed by atoms with van der Waals surface area (Å²) in [6.07, 6.45) is 1.21. The van der Waals surface area contributed by atoms with Crippen molar-refractivity contribution in [3.05, 3.63) is 0 Å². The number of hydrogen-bond acceptors (Lipinski definition) is 5. The summed E-state index contributed by atoms with van der Waals surface area (Å²) in [6, 6.07) is 3.41. The Hall–Kier alpha value is 1.10. The molecule has 11 heteroatoms. The Kier molecular flexibility index (Phi) is 7.89. The van der Waals surface area contributed by atoms with Crippen LogP contribution < -0.4 is 0 Å². The first kappa shape index (κ1) is 22.1. The zero-order valence-corrected chi connectivity index (χ0v) is 23.6. The Morgan fingerprint density at radius 2 is 1.22 bits per heavy atom. The van der Waals surface area contributed by atoms with Gasteiger partial charge in [0.2, 0.25) is 0 Å². The topological polar surface area (TPSA) is 46.2 Å². The predicted molar refractivity (Wildman–Crippen MR) is 111 cm³/mol. The highest BCUT2D eigenvalue weighted by atomic mass is 28.5. The van der Waals surface area contributed by atoms with Crippen LogP contribution in [0.2, 0.25) is 64.0 Å². The van der Waals surface area contributed by atoms with E-state index in [1.165, 1.54) is 12.5 Å². The largest absolute Gasteiger partial charge is 0.465 e. The Balaban J connectivity index is 2.89. The monoisotopic (exact) mass is 428 g/mol. The van der Waals surface area contributed by atoms with E-state index in [2.05, 4.69) is 52.8 Å². The van der Waals surface area contributed by atoms with E-state index in [1.54, 1.807) is 0 Å². The zero-order chi connectivity index (χ0) is 17.9. The van der Waals surface area contributed by atoms with Gasteiger partial charge in [-0.1, -0.05) is 13.3 Å². The van der Waals surface area contributed by atoms with Gasteiger partial charge in [0.05, 0.1) is 0 Å². The van der Waals surface area contributed by atoms with Gasteiger partial charge in [0.1, 0.15) is 10.5 Å². The lowest BCUT2D eigenvalue weighted by Gasteiger charge is -2.47. The molecule has 1 fully saturated rings. The van der Waals surface area contributed by atoms with Gasteiger partial charge in [-0.15, -0.1) is 0 Å². The normalized spacial score (nSPS) is 27.1. The van der Waals surface area contributed by atoms with Crippen molar-refractivity contribution >= 4 is 53.8 Å². The minimum Gasteiger partial charge on any atom is -0.465 e. The lowest BCUT2D eigenvalue weighted by molar-refractivity contribution is 0.235.